The van der Waals surface area contributed by atoms with E-state index in [1.807, 2.05) is 0 Å². The molecule has 0 aliphatic carbocycles. The van der Waals surface area contributed by atoms with Crippen LogP contribution in [0.15, 0.2) is 72.9 Å². The Morgan fingerprint density at radius 1 is 0.383 bits per heavy atom. The van der Waals surface area contributed by atoms with Crippen LogP contribution in [0.1, 0.15) is 239 Å². The average molecular weight is 837 g/mol. The van der Waals surface area contributed by atoms with E-state index in [2.05, 4.69) is 93.7 Å². The van der Waals surface area contributed by atoms with Crippen LogP contribution in [0.3, 0.4) is 0 Å². The first-order chi connectivity index (χ1) is 29.6. The Kier molecular flexibility index (Phi) is 48.4. The van der Waals surface area contributed by atoms with E-state index in [9.17, 15) is 9.59 Å². The highest BCUT2D eigenvalue weighted by atomic mass is 16.6. The Morgan fingerprint density at radius 3 is 1.28 bits per heavy atom. The number of carbonyl (C=O) groups is 2. The number of hydrogen-bond donors (Lipinski definition) is 0. The number of unbranched alkanes of at least 4 members (excludes halogenated alkanes) is 23. The van der Waals surface area contributed by atoms with Gasteiger partial charge in [-0.25, -0.2) is 0 Å². The zero-order valence-electron chi connectivity index (χ0n) is 39.7. The molecule has 0 aromatic carbocycles. The second-order valence-electron chi connectivity index (χ2n) is 16.7. The molecule has 346 valence electrons. The number of ether oxygens (including phenoxy) is 3. The van der Waals surface area contributed by atoms with Crippen molar-refractivity contribution in [2.24, 2.45) is 0 Å². The Hall–Kier alpha value is -2.66. The first-order valence-electron chi connectivity index (χ1n) is 25.5. The average Bonchev–Trinajstić information content (AvgIpc) is 3.25. The molecule has 0 aromatic rings. The molecule has 0 N–H and O–H groups in total. The van der Waals surface area contributed by atoms with E-state index in [4.69, 9.17) is 14.2 Å². The molecule has 1 unspecified atom stereocenters. The van der Waals surface area contributed by atoms with E-state index in [-0.39, 0.29) is 25.2 Å². The van der Waals surface area contributed by atoms with Gasteiger partial charge in [-0.3, -0.25) is 9.59 Å². The van der Waals surface area contributed by atoms with Crippen molar-refractivity contribution >= 4 is 11.9 Å². The van der Waals surface area contributed by atoms with Crippen LogP contribution in [-0.2, 0) is 23.8 Å². The summed E-state index contributed by atoms with van der Waals surface area (Å²) in [6.45, 7) is 7.62. The molecular weight excluding hydrogens is 741 g/mol. The van der Waals surface area contributed by atoms with Gasteiger partial charge in [0.15, 0.2) is 6.10 Å². The minimum atomic E-state index is -0.557. The minimum absolute atomic E-state index is 0.0670. The van der Waals surface area contributed by atoms with Crippen LogP contribution < -0.4 is 0 Å². The van der Waals surface area contributed by atoms with Gasteiger partial charge in [-0.05, 0) is 103 Å². The maximum absolute atomic E-state index is 12.8. The van der Waals surface area contributed by atoms with Crippen molar-refractivity contribution < 1.29 is 23.8 Å². The lowest BCUT2D eigenvalue weighted by atomic mass is 10.1. The molecule has 0 aliphatic rings. The van der Waals surface area contributed by atoms with Crippen LogP contribution in [-0.4, -0.2) is 37.9 Å². The topological polar surface area (TPSA) is 61.8 Å². The molecule has 0 saturated carbocycles. The second kappa shape index (κ2) is 50.7. The maximum Gasteiger partial charge on any atom is 0.306 e. The predicted octanol–water partition coefficient (Wildman–Crippen LogP) is 17.1. The summed E-state index contributed by atoms with van der Waals surface area (Å²) in [4.78, 5) is 25.4. The van der Waals surface area contributed by atoms with E-state index < -0.39 is 6.10 Å². The van der Waals surface area contributed by atoms with E-state index in [1.165, 1.54) is 122 Å². The predicted molar refractivity (Wildman–Crippen MR) is 260 cm³/mol. The Morgan fingerprint density at radius 2 is 0.767 bits per heavy atom. The first-order valence-corrected chi connectivity index (χ1v) is 25.5. The first kappa shape index (κ1) is 57.3. The summed E-state index contributed by atoms with van der Waals surface area (Å²) in [6, 6.07) is 0. The molecule has 0 heterocycles. The Labute approximate surface area is 372 Å². The van der Waals surface area contributed by atoms with Crippen LogP contribution in [0, 0.1) is 0 Å². The molecule has 5 nitrogen and oxygen atoms in total. The third-order valence-electron chi connectivity index (χ3n) is 10.7. The van der Waals surface area contributed by atoms with Crippen LogP contribution in [0.5, 0.6) is 0 Å². The third-order valence-corrected chi connectivity index (χ3v) is 10.7. The zero-order valence-corrected chi connectivity index (χ0v) is 39.7. The van der Waals surface area contributed by atoms with E-state index in [0.717, 1.165) is 83.5 Å². The number of hydrogen-bond acceptors (Lipinski definition) is 5. The number of rotatable bonds is 46. The standard InChI is InChI=1S/C55H96O5/c1-4-7-10-13-16-19-22-25-26-27-28-29-30-32-33-36-39-42-45-48-54(56)59-52-53(51-58-50-47-44-41-38-35-24-21-18-15-12-9-6-3)60-55(57)49-46-43-40-37-34-31-23-20-17-14-11-8-5-2/h8,11,15-20,25-26,31,34,53H,4-7,9-10,12-14,21-24,27-30,32-33,35-52H2,1-3H3/b11-8-,18-15-,19-16-,20-17-,26-25-,34-31-. The molecule has 0 aromatic heterocycles. The van der Waals surface area contributed by atoms with Gasteiger partial charge in [0.25, 0.3) is 0 Å². The van der Waals surface area contributed by atoms with Crippen molar-refractivity contribution in [2.45, 2.75) is 245 Å². The maximum atomic E-state index is 12.8. The third kappa shape index (κ3) is 48.0. The van der Waals surface area contributed by atoms with E-state index in [0.29, 0.717) is 19.4 Å². The summed E-state index contributed by atoms with van der Waals surface area (Å²) >= 11 is 0. The quantitative estimate of drug-likeness (QED) is 0.0347. The molecule has 0 aliphatic heterocycles. The van der Waals surface area contributed by atoms with Gasteiger partial charge in [0.05, 0.1) is 6.61 Å². The van der Waals surface area contributed by atoms with E-state index in [1.54, 1.807) is 0 Å². The number of esters is 2. The van der Waals surface area contributed by atoms with Gasteiger partial charge in [-0.2, -0.15) is 0 Å². The molecule has 0 spiro atoms. The minimum Gasteiger partial charge on any atom is -0.462 e. The van der Waals surface area contributed by atoms with Crippen molar-refractivity contribution in [2.75, 3.05) is 19.8 Å². The summed E-state index contributed by atoms with van der Waals surface area (Å²) in [5, 5.41) is 0. The van der Waals surface area contributed by atoms with Gasteiger partial charge in [0.1, 0.15) is 6.61 Å². The smallest absolute Gasteiger partial charge is 0.306 e. The van der Waals surface area contributed by atoms with Gasteiger partial charge in [0, 0.05) is 19.4 Å². The van der Waals surface area contributed by atoms with Crippen molar-refractivity contribution in [1.82, 2.24) is 0 Å². The highest BCUT2D eigenvalue weighted by Crippen LogP contribution is 2.14. The number of allylic oxidation sites excluding steroid dienone is 12. The Balaban J connectivity index is 4.26. The highest BCUT2D eigenvalue weighted by Gasteiger charge is 2.17. The monoisotopic (exact) mass is 837 g/mol. The Bertz CT molecular complexity index is 1080. The highest BCUT2D eigenvalue weighted by molar-refractivity contribution is 5.70. The summed E-state index contributed by atoms with van der Waals surface area (Å²) < 4.78 is 17.3. The second-order valence-corrected chi connectivity index (χ2v) is 16.7. The zero-order chi connectivity index (χ0) is 43.5. The molecule has 0 radical (unpaired) electrons. The van der Waals surface area contributed by atoms with Crippen molar-refractivity contribution in [3.63, 3.8) is 0 Å². The van der Waals surface area contributed by atoms with Gasteiger partial charge >= 0.3 is 11.9 Å². The molecule has 5 heteroatoms. The lowest BCUT2D eigenvalue weighted by molar-refractivity contribution is -0.163. The summed E-state index contributed by atoms with van der Waals surface area (Å²) in [5.41, 5.74) is 0. The molecule has 0 rings (SSSR count). The molecular formula is C55H96O5. The van der Waals surface area contributed by atoms with Crippen molar-refractivity contribution in [3.05, 3.63) is 72.9 Å². The van der Waals surface area contributed by atoms with E-state index >= 15 is 0 Å². The molecule has 0 fully saturated rings. The van der Waals surface area contributed by atoms with Crippen LogP contribution >= 0.6 is 0 Å². The van der Waals surface area contributed by atoms with Crippen molar-refractivity contribution in [3.8, 4) is 0 Å². The van der Waals surface area contributed by atoms with Crippen LogP contribution in [0.25, 0.3) is 0 Å². The molecule has 0 bridgehead atoms. The SMILES string of the molecule is CC/C=C\C/C=C\C/C=C\CCCCCC(=O)OC(COCCCCCCCC/C=C\CCCC)COC(=O)CCCCCCCCCCC/C=C\C/C=C\CCCCC. The van der Waals surface area contributed by atoms with Gasteiger partial charge in [-0.15, -0.1) is 0 Å². The van der Waals surface area contributed by atoms with Gasteiger partial charge in [-0.1, -0.05) is 196 Å². The van der Waals surface area contributed by atoms with Gasteiger partial charge < -0.3 is 14.2 Å². The summed E-state index contributed by atoms with van der Waals surface area (Å²) in [5.74, 6) is -0.438. The molecule has 1 atom stereocenters. The van der Waals surface area contributed by atoms with Gasteiger partial charge in [0.2, 0.25) is 0 Å². The molecule has 0 amide bonds. The fourth-order valence-corrected chi connectivity index (χ4v) is 6.89. The molecule has 0 saturated heterocycles. The van der Waals surface area contributed by atoms with Crippen LogP contribution in [0.2, 0.25) is 0 Å². The summed E-state index contributed by atoms with van der Waals surface area (Å²) in [7, 11) is 0. The van der Waals surface area contributed by atoms with Crippen molar-refractivity contribution in [1.29, 1.82) is 0 Å². The molecule has 60 heavy (non-hydrogen) atoms. The largest absolute Gasteiger partial charge is 0.462 e. The van der Waals surface area contributed by atoms with Crippen LogP contribution in [0.4, 0.5) is 0 Å². The summed E-state index contributed by atoms with van der Waals surface area (Å²) in [6.07, 6.45) is 64.8. The lowest BCUT2D eigenvalue weighted by Gasteiger charge is -2.18. The number of carbonyl (C=O) groups excluding carboxylic acids is 2. The fourth-order valence-electron chi connectivity index (χ4n) is 6.89. The lowest BCUT2D eigenvalue weighted by Crippen LogP contribution is -2.30. The fraction of sp³-hybridized carbons (Fsp3) is 0.745. The normalized spacial score (nSPS) is 12.8.